The average molecular weight is 611 g/mol. The Balaban J connectivity index is 1.35. The standard InChI is InChI=1S/C27H28ClF4N7O3/c28-19-6-17(40)7-20(21(19)27(30,31)32)39-24(41)22-18(9-33-39)23(37-11-15-2-3-16(12-37)34-15)36-25(35-22)42-13-26-4-1-5-38(26)10-14(29)8-26/h6-7,9,14-16,34,40H,1-5,8,10-13H2/t14-,15-,16+,26+/m1/s1/i14D. The van der Waals surface area contributed by atoms with Crippen LogP contribution >= 0.6 is 11.6 Å². The molecule has 224 valence electrons. The Morgan fingerprint density at radius 3 is 2.71 bits per heavy atom. The Hall–Kier alpha value is -3.23. The average Bonchev–Trinajstić information content (AvgIpc) is 3.54. The van der Waals surface area contributed by atoms with Crippen LogP contribution in [0.2, 0.25) is 5.02 Å². The summed E-state index contributed by atoms with van der Waals surface area (Å²) in [6.45, 7) is 1.73. The number of alkyl halides is 4. The van der Waals surface area contributed by atoms with Gasteiger partial charge in [0, 0.05) is 44.2 Å². The lowest BCUT2D eigenvalue weighted by Gasteiger charge is -2.34. The van der Waals surface area contributed by atoms with Crippen LogP contribution < -0.4 is 20.5 Å². The molecule has 2 aromatic heterocycles. The molecule has 0 unspecified atom stereocenters. The molecular formula is C27H28ClF4N7O3. The SMILES string of the molecule is [2H][C@]1(F)CN2CCC[C@@]2(COc2nc(N3C[C@H]4CC[C@@H](C3)N4)c3cnn(-c4cc(O)cc(Cl)c4C(F)(F)F)c(=O)c3n2)C1. The fraction of sp³-hybridized carbons (Fsp3) is 0.556. The molecule has 3 aromatic rings. The topological polar surface area (TPSA) is 109 Å². The maximum absolute atomic E-state index is 14.7. The molecule has 7 rings (SSSR count). The van der Waals surface area contributed by atoms with Gasteiger partial charge in [-0.1, -0.05) is 11.6 Å². The van der Waals surface area contributed by atoms with E-state index in [0.717, 1.165) is 31.4 Å². The van der Waals surface area contributed by atoms with Crippen molar-refractivity contribution in [2.24, 2.45) is 0 Å². The molecule has 6 heterocycles. The van der Waals surface area contributed by atoms with Crippen molar-refractivity contribution in [1.29, 1.82) is 0 Å². The number of fused-ring (bicyclic) bond motifs is 4. The molecule has 4 aliphatic rings. The van der Waals surface area contributed by atoms with Crippen molar-refractivity contribution in [3.05, 3.63) is 39.3 Å². The summed E-state index contributed by atoms with van der Waals surface area (Å²) in [5.41, 5.74) is -4.04. The third-order valence-electron chi connectivity index (χ3n) is 8.78. The number of piperazine rings is 1. The van der Waals surface area contributed by atoms with Crippen LogP contribution in [0.3, 0.4) is 0 Å². The summed E-state index contributed by atoms with van der Waals surface area (Å²) >= 11 is 5.87. The smallest absolute Gasteiger partial charge is 0.419 e. The number of hydrogen-bond donors (Lipinski definition) is 2. The fourth-order valence-electron chi connectivity index (χ4n) is 6.94. The van der Waals surface area contributed by atoms with Crippen LogP contribution in [-0.2, 0) is 6.18 Å². The molecule has 2 bridgehead atoms. The third kappa shape index (κ3) is 4.63. The Morgan fingerprint density at radius 1 is 1.21 bits per heavy atom. The lowest BCUT2D eigenvalue weighted by Crippen LogP contribution is -2.51. The number of rotatable bonds is 5. The van der Waals surface area contributed by atoms with Gasteiger partial charge in [0.15, 0.2) is 0 Å². The second kappa shape index (κ2) is 9.91. The van der Waals surface area contributed by atoms with Crippen molar-refractivity contribution in [3.8, 4) is 17.4 Å². The van der Waals surface area contributed by atoms with Gasteiger partial charge in [0.25, 0.3) is 5.56 Å². The Morgan fingerprint density at radius 2 is 1.98 bits per heavy atom. The molecular weight excluding hydrogens is 582 g/mol. The van der Waals surface area contributed by atoms with Crippen molar-refractivity contribution >= 4 is 28.3 Å². The van der Waals surface area contributed by atoms with Crippen LogP contribution in [-0.4, -0.2) is 86.3 Å². The molecule has 4 aliphatic heterocycles. The Bertz CT molecular complexity index is 1660. The summed E-state index contributed by atoms with van der Waals surface area (Å²) < 4.78 is 71.3. The first-order chi connectivity index (χ1) is 20.3. The molecule has 10 nitrogen and oxygen atoms in total. The summed E-state index contributed by atoms with van der Waals surface area (Å²) in [4.78, 5) is 26.7. The Labute approximate surface area is 243 Å². The fourth-order valence-corrected chi connectivity index (χ4v) is 7.25. The number of ether oxygens (including phenoxy) is 1. The monoisotopic (exact) mass is 610 g/mol. The molecule has 0 amide bonds. The number of phenolic OH excluding ortho intramolecular Hbond substituents is 1. The Kier molecular flexibility index (Phi) is 6.23. The highest BCUT2D eigenvalue weighted by Crippen LogP contribution is 2.42. The van der Waals surface area contributed by atoms with Crippen LogP contribution in [0.15, 0.2) is 23.1 Å². The van der Waals surface area contributed by atoms with E-state index >= 15 is 0 Å². The van der Waals surface area contributed by atoms with E-state index in [2.05, 4.69) is 20.4 Å². The van der Waals surface area contributed by atoms with Crippen molar-refractivity contribution in [2.75, 3.05) is 37.7 Å². The number of nitrogens with one attached hydrogen (secondary N) is 1. The van der Waals surface area contributed by atoms with E-state index in [4.69, 9.17) is 17.7 Å². The van der Waals surface area contributed by atoms with Crippen LogP contribution in [0.5, 0.6) is 11.8 Å². The molecule has 0 radical (unpaired) electrons. The van der Waals surface area contributed by atoms with Gasteiger partial charge >= 0.3 is 12.2 Å². The second-order valence-corrected chi connectivity index (χ2v) is 12.0. The zero-order valence-electron chi connectivity index (χ0n) is 23.3. The van der Waals surface area contributed by atoms with Crippen molar-refractivity contribution in [2.45, 2.75) is 62.1 Å². The second-order valence-electron chi connectivity index (χ2n) is 11.5. The minimum Gasteiger partial charge on any atom is -0.508 e. The predicted molar refractivity (Wildman–Crippen MR) is 145 cm³/mol. The molecule has 15 heteroatoms. The van der Waals surface area contributed by atoms with Crippen LogP contribution in [0.1, 0.15) is 39.0 Å². The minimum absolute atomic E-state index is 0.0189. The maximum atomic E-state index is 14.7. The van der Waals surface area contributed by atoms with Crippen molar-refractivity contribution in [3.63, 3.8) is 0 Å². The summed E-state index contributed by atoms with van der Waals surface area (Å²) in [7, 11) is 0. The van der Waals surface area contributed by atoms with Gasteiger partial charge in [-0.25, -0.2) is 4.39 Å². The van der Waals surface area contributed by atoms with Crippen LogP contribution in [0, 0.1) is 0 Å². The highest BCUT2D eigenvalue weighted by Gasteiger charge is 2.49. The molecule has 0 spiro atoms. The number of phenols is 1. The normalized spacial score (nSPS) is 29.7. The summed E-state index contributed by atoms with van der Waals surface area (Å²) in [5, 5.41) is 17.0. The quantitative estimate of drug-likeness (QED) is 0.420. The van der Waals surface area contributed by atoms with Crippen molar-refractivity contribution < 1.29 is 28.8 Å². The first-order valence-electron chi connectivity index (χ1n) is 14.3. The number of aromatic nitrogens is 4. The third-order valence-corrected chi connectivity index (χ3v) is 9.08. The maximum Gasteiger partial charge on any atom is 0.419 e. The van der Waals surface area contributed by atoms with Gasteiger partial charge in [0.1, 0.15) is 35.4 Å². The van der Waals surface area contributed by atoms with E-state index < -0.39 is 45.4 Å². The first-order valence-corrected chi connectivity index (χ1v) is 14.2. The lowest BCUT2D eigenvalue weighted by atomic mass is 9.95. The molecule has 42 heavy (non-hydrogen) atoms. The zero-order valence-corrected chi connectivity index (χ0v) is 23.1. The molecule has 0 saturated carbocycles. The molecule has 4 fully saturated rings. The predicted octanol–water partition coefficient (Wildman–Crippen LogP) is 3.45. The number of aromatic hydroxyl groups is 1. The summed E-state index contributed by atoms with van der Waals surface area (Å²) in [6.07, 6.45) is -2.52. The number of hydrogen-bond acceptors (Lipinski definition) is 9. The van der Waals surface area contributed by atoms with E-state index in [-0.39, 0.29) is 48.6 Å². The van der Waals surface area contributed by atoms with E-state index in [9.17, 15) is 27.5 Å². The van der Waals surface area contributed by atoms with E-state index in [1.165, 1.54) is 6.20 Å². The van der Waals surface area contributed by atoms with E-state index in [0.29, 0.717) is 36.6 Å². The molecule has 4 saturated heterocycles. The minimum atomic E-state index is -4.96. The van der Waals surface area contributed by atoms with Gasteiger partial charge in [0.2, 0.25) is 0 Å². The molecule has 2 N–H and O–H groups in total. The van der Waals surface area contributed by atoms with Gasteiger partial charge in [-0.2, -0.15) is 32.9 Å². The number of anilines is 1. The zero-order chi connectivity index (χ0) is 30.3. The van der Waals surface area contributed by atoms with Gasteiger partial charge in [0.05, 0.1) is 29.2 Å². The van der Waals surface area contributed by atoms with E-state index in [1.807, 2.05) is 9.80 Å². The summed E-state index contributed by atoms with van der Waals surface area (Å²) in [5.74, 6) is -0.228. The molecule has 0 aliphatic carbocycles. The van der Waals surface area contributed by atoms with Gasteiger partial charge < -0.3 is 20.1 Å². The summed E-state index contributed by atoms with van der Waals surface area (Å²) in [6, 6.07) is 1.72. The number of benzene rings is 1. The van der Waals surface area contributed by atoms with Crippen molar-refractivity contribution in [1.82, 2.24) is 30.0 Å². The van der Waals surface area contributed by atoms with Gasteiger partial charge in [-0.05, 0) is 38.3 Å². The van der Waals surface area contributed by atoms with Gasteiger partial charge in [-0.15, -0.1) is 0 Å². The van der Waals surface area contributed by atoms with Crippen LogP contribution in [0.4, 0.5) is 23.4 Å². The highest BCUT2D eigenvalue weighted by atomic mass is 35.5. The lowest BCUT2D eigenvalue weighted by molar-refractivity contribution is -0.137. The first kappa shape index (κ1) is 26.4. The highest BCUT2D eigenvalue weighted by molar-refractivity contribution is 6.31. The number of nitrogens with zero attached hydrogens (tertiary/aromatic N) is 6. The molecule has 1 aromatic carbocycles. The van der Waals surface area contributed by atoms with Gasteiger partial charge in [-0.3, -0.25) is 9.69 Å². The number of halogens is 5. The largest absolute Gasteiger partial charge is 0.508 e. The van der Waals surface area contributed by atoms with E-state index in [1.54, 1.807) is 0 Å². The van der Waals surface area contributed by atoms with Crippen LogP contribution in [0.25, 0.3) is 16.6 Å². The molecule has 4 atom stereocenters.